The van der Waals surface area contributed by atoms with E-state index in [0.29, 0.717) is 0 Å². The van der Waals surface area contributed by atoms with Crippen LogP contribution in [0.1, 0.15) is 0 Å². The fraction of sp³-hybridized carbons (Fsp3) is 0. The van der Waals surface area contributed by atoms with E-state index < -0.39 is 0 Å². The third-order valence-corrected chi connectivity index (χ3v) is 10.2. The molecule has 5 heteroatoms. The van der Waals surface area contributed by atoms with Crippen LogP contribution in [-0.4, -0.2) is 23.1 Å². The lowest BCUT2D eigenvalue weighted by molar-refractivity contribution is 1.09. The highest BCUT2D eigenvalue weighted by atomic mass is 15.2. The molecule has 4 aromatic heterocycles. The molecule has 0 aliphatic rings. The first-order valence-corrected chi connectivity index (χ1v) is 17.0. The molecule has 0 radical (unpaired) electrons. The quantitative estimate of drug-likeness (QED) is 0.189. The zero-order chi connectivity index (χ0) is 32.8. The van der Waals surface area contributed by atoms with Gasteiger partial charge in [0.1, 0.15) is 5.52 Å². The van der Waals surface area contributed by atoms with Gasteiger partial charge in [-0.2, -0.15) is 4.98 Å². The van der Waals surface area contributed by atoms with Crippen molar-refractivity contribution < 1.29 is 0 Å². The van der Waals surface area contributed by atoms with Gasteiger partial charge in [-0.25, -0.2) is 0 Å². The fourth-order valence-corrected chi connectivity index (χ4v) is 8.01. The molecular weight excluding hydrogens is 611 g/mol. The molecule has 0 amide bonds. The molecule has 0 atom stereocenters. The number of imidazole rings is 2. The van der Waals surface area contributed by atoms with E-state index in [0.717, 1.165) is 56.1 Å². The van der Waals surface area contributed by atoms with Gasteiger partial charge in [0.25, 0.3) is 0 Å². The minimum absolute atomic E-state index is 0.892. The summed E-state index contributed by atoms with van der Waals surface area (Å²) >= 11 is 0. The Hall–Kier alpha value is -6.85. The largest absolute Gasteiger partial charge is 0.309 e. The van der Waals surface area contributed by atoms with Gasteiger partial charge in [0, 0.05) is 33.2 Å². The molecule has 0 aliphatic carbocycles. The number of benzene rings is 7. The van der Waals surface area contributed by atoms with Gasteiger partial charge in [-0.15, -0.1) is 0 Å². The van der Waals surface area contributed by atoms with Crippen molar-refractivity contribution in [1.29, 1.82) is 0 Å². The fourth-order valence-electron chi connectivity index (χ4n) is 8.01. The Morgan fingerprint density at radius 2 is 0.840 bits per heavy atom. The van der Waals surface area contributed by atoms with Crippen molar-refractivity contribution in [2.24, 2.45) is 0 Å². The van der Waals surface area contributed by atoms with Crippen molar-refractivity contribution in [2.45, 2.75) is 0 Å². The standard InChI is InChI=1S/C45H29N5/c1-4-14-32(15-5-1)47-38-22-12-10-20-35(38)36-26-24-30(28-41(36)47)31-25-27-40-42(29-31)49(34-18-8-3-9-19-34)45-46-44-43(50(40)45)37-21-11-13-23-39(37)48(44)33-16-6-2-7-17-33/h1-29H. The molecule has 0 N–H and O–H groups in total. The van der Waals surface area contributed by atoms with Crippen molar-refractivity contribution in [3.05, 3.63) is 176 Å². The van der Waals surface area contributed by atoms with Crippen molar-refractivity contribution in [1.82, 2.24) is 23.1 Å². The Morgan fingerprint density at radius 3 is 1.52 bits per heavy atom. The van der Waals surface area contributed by atoms with Gasteiger partial charge in [-0.05, 0) is 77.9 Å². The predicted octanol–water partition coefficient (Wildman–Crippen LogP) is 11.1. The van der Waals surface area contributed by atoms with Gasteiger partial charge in [0.15, 0.2) is 5.65 Å². The van der Waals surface area contributed by atoms with Gasteiger partial charge < -0.3 is 4.57 Å². The summed E-state index contributed by atoms with van der Waals surface area (Å²) < 4.78 is 9.32. The molecule has 11 aromatic rings. The van der Waals surface area contributed by atoms with Crippen LogP contribution in [0.2, 0.25) is 0 Å². The summed E-state index contributed by atoms with van der Waals surface area (Å²) in [6.45, 7) is 0. The zero-order valence-electron chi connectivity index (χ0n) is 27.0. The van der Waals surface area contributed by atoms with E-state index in [-0.39, 0.29) is 0 Å². The molecule has 50 heavy (non-hydrogen) atoms. The molecule has 0 aliphatic heterocycles. The lowest BCUT2D eigenvalue weighted by atomic mass is 10.0. The lowest BCUT2D eigenvalue weighted by Gasteiger charge is -2.10. The van der Waals surface area contributed by atoms with Gasteiger partial charge in [-0.3, -0.25) is 13.5 Å². The SMILES string of the molecule is c1ccc(-n2c3ccccc3c3ccc(-c4ccc5c(c4)n(-c4ccccc4)c4nc6c(c7ccccc7n6-c6ccccc6)n54)cc32)cc1. The Labute approximate surface area is 287 Å². The third kappa shape index (κ3) is 3.74. The number of hydrogen-bond acceptors (Lipinski definition) is 1. The van der Waals surface area contributed by atoms with Crippen molar-refractivity contribution in [3.8, 4) is 28.2 Å². The molecule has 0 spiro atoms. The minimum atomic E-state index is 0.892. The van der Waals surface area contributed by atoms with Crippen molar-refractivity contribution in [2.75, 3.05) is 0 Å². The second kappa shape index (κ2) is 10.3. The number of fused-ring (bicyclic) bond motifs is 10. The number of nitrogens with zero attached hydrogens (tertiary/aromatic N) is 5. The topological polar surface area (TPSA) is 32.1 Å². The number of rotatable bonds is 4. The number of para-hydroxylation sites is 5. The van der Waals surface area contributed by atoms with Crippen LogP contribution in [0, 0.1) is 0 Å². The van der Waals surface area contributed by atoms with Crippen molar-refractivity contribution in [3.63, 3.8) is 0 Å². The zero-order valence-corrected chi connectivity index (χ0v) is 27.0. The second-order valence-corrected chi connectivity index (χ2v) is 12.9. The average molecular weight is 640 g/mol. The molecular formula is C45H29N5. The summed E-state index contributed by atoms with van der Waals surface area (Å²) in [5.74, 6) is 0.892. The van der Waals surface area contributed by atoms with Gasteiger partial charge in [-0.1, -0.05) is 109 Å². The average Bonchev–Trinajstić information content (AvgIpc) is 3.90. The first kappa shape index (κ1) is 27.1. The van der Waals surface area contributed by atoms with Crippen LogP contribution in [0.4, 0.5) is 0 Å². The maximum atomic E-state index is 5.44. The molecule has 0 saturated heterocycles. The Kier molecular flexibility index (Phi) is 5.60. The van der Waals surface area contributed by atoms with E-state index in [1.165, 1.54) is 32.8 Å². The Morgan fingerprint density at radius 1 is 0.340 bits per heavy atom. The van der Waals surface area contributed by atoms with Crippen LogP contribution in [0.25, 0.3) is 88.9 Å². The summed E-state index contributed by atoms with van der Waals surface area (Å²) in [5, 5.41) is 3.68. The molecule has 234 valence electrons. The van der Waals surface area contributed by atoms with E-state index in [4.69, 9.17) is 4.98 Å². The van der Waals surface area contributed by atoms with E-state index in [1.807, 2.05) is 0 Å². The first-order valence-electron chi connectivity index (χ1n) is 17.0. The van der Waals surface area contributed by atoms with Gasteiger partial charge >= 0.3 is 0 Å². The van der Waals surface area contributed by atoms with Gasteiger partial charge in [0.2, 0.25) is 5.78 Å². The molecule has 0 bridgehead atoms. The smallest absolute Gasteiger partial charge is 0.222 e. The number of aromatic nitrogens is 5. The Balaban J connectivity index is 1.20. The van der Waals surface area contributed by atoms with Crippen LogP contribution in [0.3, 0.4) is 0 Å². The first-order chi connectivity index (χ1) is 24.8. The normalized spacial score (nSPS) is 12.0. The third-order valence-electron chi connectivity index (χ3n) is 10.2. The van der Waals surface area contributed by atoms with Crippen LogP contribution in [0.15, 0.2) is 176 Å². The Bertz CT molecular complexity index is 3070. The van der Waals surface area contributed by atoms with Gasteiger partial charge in [0.05, 0.1) is 27.6 Å². The summed E-state index contributed by atoms with van der Waals surface area (Å²) in [4.78, 5) is 5.44. The van der Waals surface area contributed by atoms with Crippen LogP contribution in [-0.2, 0) is 0 Å². The van der Waals surface area contributed by atoms with Crippen molar-refractivity contribution >= 4 is 60.7 Å². The highest BCUT2D eigenvalue weighted by Crippen LogP contribution is 2.39. The lowest BCUT2D eigenvalue weighted by Crippen LogP contribution is -1.97. The number of hydrogen-bond donors (Lipinski definition) is 0. The van der Waals surface area contributed by atoms with E-state index in [2.05, 4.69) is 194 Å². The molecule has 0 unspecified atom stereocenters. The summed E-state index contributed by atoms with van der Waals surface area (Å²) in [6.07, 6.45) is 0. The second-order valence-electron chi connectivity index (χ2n) is 12.9. The van der Waals surface area contributed by atoms with Crippen LogP contribution >= 0.6 is 0 Å². The predicted molar refractivity (Wildman–Crippen MR) is 206 cm³/mol. The maximum Gasteiger partial charge on any atom is 0.222 e. The summed E-state index contributed by atoms with van der Waals surface area (Å²) in [5.41, 5.74) is 13.5. The highest BCUT2D eigenvalue weighted by Gasteiger charge is 2.24. The molecule has 4 heterocycles. The minimum Gasteiger partial charge on any atom is -0.309 e. The molecule has 0 fully saturated rings. The van der Waals surface area contributed by atoms with E-state index in [1.54, 1.807) is 0 Å². The monoisotopic (exact) mass is 639 g/mol. The summed E-state index contributed by atoms with van der Waals surface area (Å²) in [7, 11) is 0. The summed E-state index contributed by atoms with van der Waals surface area (Å²) in [6, 6.07) is 62.8. The van der Waals surface area contributed by atoms with Crippen LogP contribution in [0.5, 0.6) is 0 Å². The molecule has 5 nitrogen and oxygen atoms in total. The van der Waals surface area contributed by atoms with E-state index >= 15 is 0 Å². The molecule has 0 saturated carbocycles. The maximum absolute atomic E-state index is 5.44. The molecule has 7 aromatic carbocycles. The molecule has 11 rings (SSSR count). The highest BCUT2D eigenvalue weighted by molar-refractivity contribution is 6.11. The van der Waals surface area contributed by atoms with E-state index in [9.17, 15) is 0 Å². The van der Waals surface area contributed by atoms with Crippen LogP contribution < -0.4 is 0 Å².